The summed E-state index contributed by atoms with van der Waals surface area (Å²) in [6, 6.07) is 17.2. The first-order valence-electron chi connectivity index (χ1n) is 9.35. The molecule has 158 valence electrons. The second-order valence-corrected chi connectivity index (χ2v) is 8.12. The fraction of sp³-hybridized carbons (Fsp3) is 0.130. The number of esters is 1. The molecule has 5 nitrogen and oxygen atoms in total. The average Bonchev–Trinajstić information content (AvgIpc) is 3.05. The van der Waals surface area contributed by atoms with Crippen molar-refractivity contribution in [3.05, 3.63) is 93.1 Å². The van der Waals surface area contributed by atoms with E-state index in [1.165, 1.54) is 17.7 Å². The highest BCUT2D eigenvalue weighted by Crippen LogP contribution is 2.25. The van der Waals surface area contributed by atoms with Crippen molar-refractivity contribution in [3.63, 3.8) is 0 Å². The Morgan fingerprint density at radius 3 is 2.52 bits per heavy atom. The van der Waals surface area contributed by atoms with Crippen LogP contribution in [0, 0.1) is 5.82 Å². The van der Waals surface area contributed by atoms with E-state index in [1.54, 1.807) is 46.7 Å². The summed E-state index contributed by atoms with van der Waals surface area (Å²) in [5.74, 6) is -1.48. The summed E-state index contributed by atoms with van der Waals surface area (Å²) in [7, 11) is 1.19. The second kappa shape index (κ2) is 8.61. The second-order valence-electron chi connectivity index (χ2n) is 6.81. The first-order valence-corrected chi connectivity index (χ1v) is 11.0. The number of carbonyl (C=O) groups is 1. The molecule has 1 heterocycles. The molecule has 4 aromatic rings. The molecule has 0 atom stereocenters. The first-order chi connectivity index (χ1) is 14.9. The zero-order valence-corrected chi connectivity index (χ0v) is 18.3. The number of hydrogen-bond donors (Lipinski definition) is 0. The summed E-state index contributed by atoms with van der Waals surface area (Å²) in [5, 5.41) is 0.484. The number of imidazole rings is 1. The maximum atomic E-state index is 15.0. The number of hydrogen-bond acceptors (Lipinski definition) is 4. The number of thioether (sulfide) groups is 1. The lowest BCUT2D eigenvalue weighted by Gasteiger charge is -2.08. The van der Waals surface area contributed by atoms with Gasteiger partial charge < -0.3 is 4.74 Å². The number of ether oxygens (including phenoxy) is 1. The van der Waals surface area contributed by atoms with Crippen molar-refractivity contribution < 1.29 is 13.9 Å². The molecule has 0 radical (unpaired) electrons. The Morgan fingerprint density at radius 2 is 1.84 bits per heavy atom. The van der Waals surface area contributed by atoms with Crippen LogP contribution in [0.1, 0.15) is 15.9 Å². The Hall–Kier alpha value is -3.03. The molecule has 0 fully saturated rings. The molecule has 0 N–H and O–H groups in total. The van der Waals surface area contributed by atoms with Crippen molar-refractivity contribution in [3.8, 4) is 5.69 Å². The summed E-state index contributed by atoms with van der Waals surface area (Å²) in [4.78, 5) is 26.3. The van der Waals surface area contributed by atoms with Crippen molar-refractivity contribution in [2.24, 2.45) is 0 Å². The number of aromatic nitrogens is 2. The topological polar surface area (TPSA) is 53.2 Å². The van der Waals surface area contributed by atoms with E-state index >= 15 is 0 Å². The molecule has 0 unspecified atom stereocenters. The normalized spacial score (nSPS) is 11.1. The van der Waals surface area contributed by atoms with E-state index < -0.39 is 11.8 Å². The van der Waals surface area contributed by atoms with Crippen LogP contribution in [-0.2, 0) is 11.3 Å². The van der Waals surface area contributed by atoms with E-state index in [2.05, 4.69) is 4.74 Å². The third-order valence-electron chi connectivity index (χ3n) is 5.03. The molecule has 0 bridgehead atoms. The van der Waals surface area contributed by atoms with E-state index in [0.717, 1.165) is 4.90 Å². The fourth-order valence-corrected chi connectivity index (χ4v) is 4.08. The minimum Gasteiger partial charge on any atom is -0.465 e. The van der Waals surface area contributed by atoms with E-state index in [-0.39, 0.29) is 23.4 Å². The van der Waals surface area contributed by atoms with Crippen molar-refractivity contribution in [1.29, 1.82) is 0 Å². The van der Waals surface area contributed by atoms with Crippen molar-refractivity contribution in [2.75, 3.05) is 13.4 Å². The molecule has 0 saturated carbocycles. The minimum absolute atomic E-state index is 0.0521. The number of carbonyl (C=O) groups excluding carboxylic acids is 1. The summed E-state index contributed by atoms with van der Waals surface area (Å²) < 4.78 is 22.6. The highest BCUT2D eigenvalue weighted by molar-refractivity contribution is 7.98. The quantitative estimate of drug-likeness (QED) is 0.308. The van der Waals surface area contributed by atoms with Crippen LogP contribution >= 0.6 is 23.4 Å². The molecule has 1 aromatic heterocycles. The minimum atomic E-state index is -0.769. The lowest BCUT2D eigenvalue weighted by Crippen LogP contribution is -2.24. The van der Waals surface area contributed by atoms with Gasteiger partial charge in [-0.3, -0.25) is 9.13 Å². The number of nitrogens with zero attached hydrogens (tertiary/aromatic N) is 2. The molecule has 0 saturated heterocycles. The maximum absolute atomic E-state index is 15.0. The number of halogens is 2. The van der Waals surface area contributed by atoms with Crippen LogP contribution < -0.4 is 5.69 Å². The van der Waals surface area contributed by atoms with Gasteiger partial charge in [0.05, 0.1) is 35.9 Å². The molecule has 0 amide bonds. The zero-order chi connectivity index (χ0) is 22.1. The molecule has 0 aliphatic carbocycles. The van der Waals surface area contributed by atoms with E-state index in [4.69, 9.17) is 11.6 Å². The zero-order valence-electron chi connectivity index (χ0n) is 16.8. The molecule has 31 heavy (non-hydrogen) atoms. The first kappa shape index (κ1) is 21.2. The number of rotatable bonds is 5. The van der Waals surface area contributed by atoms with E-state index in [9.17, 15) is 14.0 Å². The standard InChI is InChI=1S/C23H18ClFN2O3S/c1-30-22(28)18-5-3-4-14(21(18)25)13-26-19-11-6-15(24)12-20(19)27(23(26)29)16-7-9-17(31-2)10-8-16/h3-12H,13H2,1-2H3. The van der Waals surface area contributed by atoms with Gasteiger partial charge in [0.15, 0.2) is 0 Å². The van der Waals surface area contributed by atoms with Crippen LogP contribution in [0.3, 0.4) is 0 Å². The van der Waals surface area contributed by atoms with Gasteiger partial charge in [-0.25, -0.2) is 14.0 Å². The molecule has 0 aliphatic rings. The predicted octanol–water partition coefficient (Wildman–Crippen LogP) is 5.14. The monoisotopic (exact) mass is 456 g/mol. The largest absolute Gasteiger partial charge is 0.465 e. The van der Waals surface area contributed by atoms with Gasteiger partial charge in [0, 0.05) is 15.5 Å². The molecule has 8 heteroatoms. The van der Waals surface area contributed by atoms with Crippen LogP contribution in [0.4, 0.5) is 4.39 Å². The number of methoxy groups -OCH3 is 1. The highest BCUT2D eigenvalue weighted by Gasteiger charge is 2.19. The number of fused-ring (bicyclic) bond motifs is 1. The van der Waals surface area contributed by atoms with Gasteiger partial charge in [-0.1, -0.05) is 23.7 Å². The molecular formula is C23H18ClFN2O3S. The predicted molar refractivity (Wildman–Crippen MR) is 121 cm³/mol. The SMILES string of the molecule is COC(=O)c1cccc(Cn2c(=O)n(-c3ccc(SC)cc3)c3cc(Cl)ccc32)c1F. The fourth-order valence-electron chi connectivity index (χ4n) is 3.50. The highest BCUT2D eigenvalue weighted by atomic mass is 35.5. The van der Waals surface area contributed by atoms with Gasteiger partial charge in [0.2, 0.25) is 0 Å². The van der Waals surface area contributed by atoms with Gasteiger partial charge in [-0.2, -0.15) is 0 Å². The Morgan fingerprint density at radius 1 is 1.10 bits per heavy atom. The lowest BCUT2D eigenvalue weighted by molar-refractivity contribution is 0.0595. The number of benzene rings is 3. The smallest absolute Gasteiger partial charge is 0.340 e. The average molecular weight is 457 g/mol. The molecular weight excluding hydrogens is 439 g/mol. The summed E-state index contributed by atoms with van der Waals surface area (Å²) >= 11 is 7.81. The van der Waals surface area contributed by atoms with Gasteiger partial charge >= 0.3 is 11.7 Å². The summed E-state index contributed by atoms with van der Waals surface area (Å²) in [6.45, 7) is -0.0521. The Labute approximate surface area is 187 Å². The van der Waals surface area contributed by atoms with Gasteiger partial charge in [-0.15, -0.1) is 11.8 Å². The van der Waals surface area contributed by atoms with Gasteiger partial charge in [0.1, 0.15) is 5.82 Å². The van der Waals surface area contributed by atoms with E-state index in [1.807, 2.05) is 30.5 Å². The van der Waals surface area contributed by atoms with Crippen molar-refractivity contribution in [1.82, 2.24) is 9.13 Å². The molecule has 3 aromatic carbocycles. The summed E-state index contributed by atoms with van der Waals surface area (Å²) in [6.07, 6.45) is 1.98. The third-order valence-corrected chi connectivity index (χ3v) is 6.01. The Balaban J connectivity index is 1.89. The van der Waals surface area contributed by atoms with Crippen LogP contribution in [0.15, 0.2) is 70.4 Å². The molecule has 4 rings (SSSR count). The lowest BCUT2D eigenvalue weighted by atomic mass is 10.1. The van der Waals surface area contributed by atoms with Crippen LogP contribution in [0.25, 0.3) is 16.7 Å². The third kappa shape index (κ3) is 3.86. The summed E-state index contributed by atoms with van der Waals surface area (Å²) in [5.41, 5.74) is 1.59. The van der Waals surface area contributed by atoms with Crippen LogP contribution in [-0.4, -0.2) is 28.5 Å². The van der Waals surface area contributed by atoms with Crippen LogP contribution in [0.2, 0.25) is 5.02 Å². The van der Waals surface area contributed by atoms with Crippen LogP contribution in [0.5, 0.6) is 0 Å². The Kier molecular flexibility index (Phi) is 5.89. The van der Waals surface area contributed by atoms with Crippen molar-refractivity contribution >= 4 is 40.4 Å². The van der Waals surface area contributed by atoms with Gasteiger partial charge in [0.25, 0.3) is 0 Å². The van der Waals surface area contributed by atoms with Gasteiger partial charge in [-0.05, 0) is 54.8 Å². The van der Waals surface area contributed by atoms with E-state index in [0.29, 0.717) is 21.7 Å². The molecule has 0 spiro atoms. The van der Waals surface area contributed by atoms with Crippen molar-refractivity contribution in [2.45, 2.75) is 11.4 Å². The Bertz CT molecular complexity index is 1350. The molecule has 0 aliphatic heterocycles. The maximum Gasteiger partial charge on any atom is 0.340 e.